The Balaban J connectivity index is 1.89. The van der Waals surface area contributed by atoms with E-state index in [1.807, 2.05) is 54.6 Å². The van der Waals surface area contributed by atoms with Crippen molar-refractivity contribution in [3.8, 4) is 5.75 Å². The van der Waals surface area contributed by atoms with E-state index in [4.69, 9.17) is 4.74 Å². The molecule has 0 radical (unpaired) electrons. The predicted molar refractivity (Wildman–Crippen MR) is 92.6 cm³/mol. The van der Waals surface area contributed by atoms with Crippen LogP contribution in [-0.4, -0.2) is 6.09 Å². The molecule has 3 nitrogen and oxygen atoms in total. The summed E-state index contributed by atoms with van der Waals surface area (Å²) in [5.74, 6) is 1.04. The molecule has 1 aliphatic heterocycles. The number of fused-ring (bicyclic) bond motifs is 1. The van der Waals surface area contributed by atoms with E-state index >= 15 is 0 Å². The van der Waals surface area contributed by atoms with Gasteiger partial charge in [-0.3, -0.25) is 4.90 Å². The smallest absolute Gasteiger partial charge is 0.410 e. The van der Waals surface area contributed by atoms with Gasteiger partial charge in [-0.1, -0.05) is 55.5 Å². The van der Waals surface area contributed by atoms with Gasteiger partial charge in [0.1, 0.15) is 5.75 Å². The molecular weight excluding hydrogens is 286 g/mol. The van der Waals surface area contributed by atoms with Gasteiger partial charge in [-0.05, 0) is 29.7 Å². The first kappa shape index (κ1) is 15.1. The van der Waals surface area contributed by atoms with Gasteiger partial charge >= 0.3 is 6.09 Å². The van der Waals surface area contributed by atoms with Crippen LogP contribution in [-0.2, 0) is 0 Å². The maximum atomic E-state index is 12.5. The first-order valence-corrected chi connectivity index (χ1v) is 7.66. The maximum Gasteiger partial charge on any atom is 0.423 e. The summed E-state index contributed by atoms with van der Waals surface area (Å²) in [6.07, 6.45) is 5.34. The molecule has 0 N–H and O–H groups in total. The van der Waals surface area contributed by atoms with Gasteiger partial charge in [0, 0.05) is 12.1 Å². The van der Waals surface area contributed by atoms with E-state index < -0.39 is 6.09 Å². The highest BCUT2D eigenvalue weighted by Crippen LogP contribution is 2.38. The molecule has 1 amide bonds. The van der Waals surface area contributed by atoms with E-state index in [0.717, 1.165) is 11.3 Å². The second-order valence-electron chi connectivity index (χ2n) is 5.57. The van der Waals surface area contributed by atoms with Gasteiger partial charge in [0.05, 0.1) is 5.69 Å². The fourth-order valence-electron chi connectivity index (χ4n) is 2.75. The van der Waals surface area contributed by atoms with Crippen LogP contribution in [0.15, 0.2) is 79.5 Å². The van der Waals surface area contributed by atoms with Crippen LogP contribution in [0.4, 0.5) is 10.5 Å². The fraction of sp³-hybridized carbons (Fsp3) is 0.150. The number of para-hydroxylation sites is 2. The van der Waals surface area contributed by atoms with Crippen molar-refractivity contribution in [3.63, 3.8) is 0 Å². The number of carbonyl (C=O) groups is 1. The summed E-state index contributed by atoms with van der Waals surface area (Å²) >= 11 is 0. The van der Waals surface area contributed by atoms with Gasteiger partial charge in [0.25, 0.3) is 0 Å². The molecular formula is C20H19NO2. The lowest BCUT2D eigenvalue weighted by atomic mass is 9.84. The topological polar surface area (TPSA) is 29.5 Å². The Morgan fingerprint density at radius 2 is 1.87 bits per heavy atom. The highest BCUT2D eigenvalue weighted by molar-refractivity contribution is 5.93. The van der Waals surface area contributed by atoms with Crippen molar-refractivity contribution >= 4 is 11.8 Å². The molecule has 3 rings (SSSR count). The van der Waals surface area contributed by atoms with Crippen LogP contribution in [0, 0.1) is 5.92 Å². The van der Waals surface area contributed by atoms with Crippen LogP contribution in [0.3, 0.4) is 0 Å². The minimum Gasteiger partial charge on any atom is -0.410 e. The molecule has 3 heteroatoms. The number of ether oxygens (including phenoxy) is 1. The number of rotatable bonds is 3. The lowest BCUT2D eigenvalue weighted by molar-refractivity contribution is 0.210. The summed E-state index contributed by atoms with van der Waals surface area (Å²) in [6.45, 7) is 6.00. The van der Waals surface area contributed by atoms with Gasteiger partial charge in [-0.15, -0.1) is 6.58 Å². The van der Waals surface area contributed by atoms with Crippen molar-refractivity contribution in [2.24, 2.45) is 5.92 Å². The Hall–Kier alpha value is -2.81. The van der Waals surface area contributed by atoms with Gasteiger partial charge in [0.2, 0.25) is 0 Å². The number of hydrogen-bond acceptors (Lipinski definition) is 2. The summed E-state index contributed by atoms with van der Waals surface area (Å²) in [5.41, 5.74) is 1.96. The Morgan fingerprint density at radius 3 is 2.61 bits per heavy atom. The number of nitrogens with zero attached hydrogens (tertiary/aromatic N) is 1. The third-order valence-electron chi connectivity index (χ3n) is 4.08. The van der Waals surface area contributed by atoms with Crippen molar-refractivity contribution in [1.82, 2.24) is 0 Å². The van der Waals surface area contributed by atoms with Crippen molar-refractivity contribution in [2.75, 3.05) is 4.90 Å². The minimum atomic E-state index is -0.412. The molecule has 1 aliphatic rings. The summed E-state index contributed by atoms with van der Waals surface area (Å²) in [4.78, 5) is 14.1. The summed E-state index contributed by atoms with van der Waals surface area (Å²) in [5, 5.41) is 0. The fourth-order valence-corrected chi connectivity index (χ4v) is 2.75. The normalized spacial score (nSPS) is 17.3. The van der Waals surface area contributed by atoms with Gasteiger partial charge in [-0.2, -0.15) is 0 Å². The van der Waals surface area contributed by atoms with E-state index in [1.165, 1.54) is 0 Å². The van der Waals surface area contributed by atoms with Gasteiger partial charge < -0.3 is 4.74 Å². The summed E-state index contributed by atoms with van der Waals surface area (Å²) < 4.78 is 5.45. The average Bonchev–Trinajstić information content (AvgIpc) is 2.61. The van der Waals surface area contributed by atoms with Crippen molar-refractivity contribution < 1.29 is 9.53 Å². The monoisotopic (exact) mass is 305 g/mol. The highest BCUT2D eigenvalue weighted by atomic mass is 16.6. The zero-order chi connectivity index (χ0) is 16.2. The third-order valence-corrected chi connectivity index (χ3v) is 4.08. The van der Waals surface area contributed by atoms with Crippen molar-refractivity contribution in [2.45, 2.75) is 12.8 Å². The summed E-state index contributed by atoms with van der Waals surface area (Å²) in [6, 6.07) is 17.0. The zero-order valence-electron chi connectivity index (χ0n) is 13.1. The second kappa shape index (κ2) is 6.53. The molecule has 116 valence electrons. The first-order chi connectivity index (χ1) is 11.2. The molecule has 0 saturated carbocycles. The van der Waals surface area contributed by atoms with Crippen molar-refractivity contribution in [1.29, 1.82) is 0 Å². The second-order valence-corrected chi connectivity index (χ2v) is 5.57. The Bertz CT molecular complexity index is 736. The van der Waals surface area contributed by atoms with E-state index in [-0.39, 0.29) is 5.92 Å². The number of allylic oxidation sites excluding steroid dienone is 2. The van der Waals surface area contributed by atoms with E-state index in [1.54, 1.807) is 23.2 Å². The molecule has 23 heavy (non-hydrogen) atoms. The van der Waals surface area contributed by atoms with Gasteiger partial charge in [-0.25, -0.2) is 4.79 Å². The third kappa shape index (κ3) is 3.04. The Labute approximate surface area is 136 Å². The number of benzene rings is 2. The molecule has 2 aromatic carbocycles. The molecule has 0 fully saturated rings. The molecule has 0 aliphatic carbocycles. The number of anilines is 1. The Morgan fingerprint density at radius 1 is 1.17 bits per heavy atom. The molecule has 2 atom stereocenters. The molecule has 0 saturated heterocycles. The van der Waals surface area contributed by atoms with Gasteiger partial charge in [0.15, 0.2) is 0 Å². The molecule has 2 aromatic rings. The van der Waals surface area contributed by atoms with Crippen LogP contribution in [0.25, 0.3) is 0 Å². The van der Waals surface area contributed by atoms with E-state index in [0.29, 0.717) is 11.7 Å². The quantitative estimate of drug-likeness (QED) is 0.736. The van der Waals surface area contributed by atoms with Crippen LogP contribution in [0.1, 0.15) is 18.4 Å². The Kier molecular flexibility index (Phi) is 4.29. The molecule has 0 aromatic heterocycles. The summed E-state index contributed by atoms with van der Waals surface area (Å²) in [7, 11) is 0. The standard InChI is InChI=1S/C20H19NO2/c1-3-15(2)17-13-14-21(19-12-8-7-11-18(17)19)20(22)23-16-9-5-4-6-10-16/h3-15,17H,1H2,2H3. The number of amides is 1. The largest absolute Gasteiger partial charge is 0.423 e. The SMILES string of the molecule is C=CC(C)C1C=CN(C(=O)Oc2ccccc2)c2ccccc21. The lowest BCUT2D eigenvalue weighted by Gasteiger charge is -2.30. The van der Waals surface area contributed by atoms with E-state index in [2.05, 4.69) is 13.5 Å². The molecule has 1 heterocycles. The lowest BCUT2D eigenvalue weighted by Crippen LogP contribution is -2.32. The number of hydrogen-bond donors (Lipinski definition) is 0. The van der Waals surface area contributed by atoms with Crippen LogP contribution in [0.5, 0.6) is 5.75 Å². The average molecular weight is 305 g/mol. The number of carbonyl (C=O) groups excluding carboxylic acids is 1. The molecule has 0 spiro atoms. The van der Waals surface area contributed by atoms with Crippen LogP contribution in [0.2, 0.25) is 0 Å². The highest BCUT2D eigenvalue weighted by Gasteiger charge is 2.27. The van der Waals surface area contributed by atoms with Crippen LogP contribution >= 0.6 is 0 Å². The first-order valence-electron chi connectivity index (χ1n) is 7.66. The van der Waals surface area contributed by atoms with Crippen LogP contribution < -0.4 is 9.64 Å². The molecule has 2 unspecified atom stereocenters. The molecule has 0 bridgehead atoms. The van der Waals surface area contributed by atoms with Crippen molar-refractivity contribution in [3.05, 3.63) is 85.1 Å². The maximum absolute atomic E-state index is 12.5. The predicted octanol–water partition coefficient (Wildman–Crippen LogP) is 5.13. The van der Waals surface area contributed by atoms with E-state index in [9.17, 15) is 4.79 Å². The zero-order valence-corrected chi connectivity index (χ0v) is 13.1. The minimum absolute atomic E-state index is 0.212.